The summed E-state index contributed by atoms with van der Waals surface area (Å²) < 4.78 is 0. The van der Waals surface area contributed by atoms with Crippen molar-refractivity contribution in [3.05, 3.63) is 64.7 Å². The Kier molecular flexibility index (Phi) is 3.76. The maximum atomic E-state index is 11.6. The van der Waals surface area contributed by atoms with Gasteiger partial charge >= 0.3 is 0 Å². The summed E-state index contributed by atoms with van der Waals surface area (Å²) in [6.45, 7) is 2.05. The number of hydrogen-bond donors (Lipinski definition) is 2. The van der Waals surface area contributed by atoms with Crippen molar-refractivity contribution >= 4 is 11.6 Å². The smallest absolute Gasteiger partial charge is 0.228 e. The zero-order valence-corrected chi connectivity index (χ0v) is 12.2. The summed E-state index contributed by atoms with van der Waals surface area (Å²) in [5.74, 6) is 0.0621. The van der Waals surface area contributed by atoms with E-state index < -0.39 is 0 Å². The van der Waals surface area contributed by atoms with Crippen molar-refractivity contribution < 1.29 is 4.79 Å². The van der Waals surface area contributed by atoms with Gasteiger partial charge in [-0.1, -0.05) is 48.0 Å². The van der Waals surface area contributed by atoms with Gasteiger partial charge in [-0.05, 0) is 36.5 Å². The molecule has 1 unspecified atom stereocenters. The number of aryl methyl sites for hydroxylation is 2. The Morgan fingerprint density at radius 3 is 2.76 bits per heavy atom. The molecule has 0 fully saturated rings. The highest BCUT2D eigenvalue weighted by Crippen LogP contribution is 2.33. The lowest BCUT2D eigenvalue weighted by atomic mass is 9.94. The lowest BCUT2D eigenvalue weighted by Crippen LogP contribution is -2.14. The van der Waals surface area contributed by atoms with Crippen LogP contribution in [0, 0.1) is 6.92 Å². The minimum Gasteiger partial charge on any atom is -0.325 e. The number of anilines is 1. The molecule has 2 aromatic rings. The van der Waals surface area contributed by atoms with Crippen LogP contribution in [0.25, 0.3) is 0 Å². The molecule has 3 N–H and O–H groups in total. The van der Waals surface area contributed by atoms with Crippen molar-refractivity contribution in [3.63, 3.8) is 0 Å². The van der Waals surface area contributed by atoms with Crippen molar-refractivity contribution in [2.24, 2.45) is 5.73 Å². The highest BCUT2D eigenvalue weighted by atomic mass is 16.1. The summed E-state index contributed by atoms with van der Waals surface area (Å²) >= 11 is 0. The summed E-state index contributed by atoms with van der Waals surface area (Å²) in [5, 5.41) is 2.95. The summed E-state index contributed by atoms with van der Waals surface area (Å²) in [4.78, 5) is 11.6. The summed E-state index contributed by atoms with van der Waals surface area (Å²) in [6.07, 6.45) is 2.28. The first-order chi connectivity index (χ1) is 10.1. The topological polar surface area (TPSA) is 55.1 Å². The molecule has 0 saturated heterocycles. The third kappa shape index (κ3) is 2.98. The predicted molar refractivity (Wildman–Crippen MR) is 85.2 cm³/mol. The van der Waals surface area contributed by atoms with Crippen LogP contribution in [0.4, 0.5) is 5.69 Å². The molecule has 0 aliphatic carbocycles. The fourth-order valence-electron chi connectivity index (χ4n) is 2.95. The second-order valence-electron chi connectivity index (χ2n) is 5.74. The van der Waals surface area contributed by atoms with Gasteiger partial charge in [-0.3, -0.25) is 4.79 Å². The van der Waals surface area contributed by atoms with Crippen LogP contribution in [-0.2, 0) is 17.6 Å². The van der Waals surface area contributed by atoms with Crippen molar-refractivity contribution in [1.82, 2.24) is 0 Å². The lowest BCUT2D eigenvalue weighted by Gasteiger charge is -2.17. The Hall–Kier alpha value is -2.13. The van der Waals surface area contributed by atoms with Crippen LogP contribution < -0.4 is 11.1 Å². The highest BCUT2D eigenvalue weighted by molar-refractivity contribution is 6.00. The van der Waals surface area contributed by atoms with E-state index in [1.54, 1.807) is 0 Å². The molecule has 1 aliphatic heterocycles. The number of hydrogen-bond acceptors (Lipinski definition) is 2. The van der Waals surface area contributed by atoms with Gasteiger partial charge in [0.05, 0.1) is 6.42 Å². The molecule has 0 bridgehead atoms. The maximum absolute atomic E-state index is 11.6. The number of nitrogens with one attached hydrogen (secondary N) is 1. The van der Waals surface area contributed by atoms with Gasteiger partial charge in [-0.25, -0.2) is 0 Å². The van der Waals surface area contributed by atoms with E-state index in [9.17, 15) is 4.79 Å². The standard InChI is InChI=1S/C18H20N2O/c1-12-9-14-11-17(21)20-18(14)15(10-12)16(19)8-7-13-5-3-2-4-6-13/h2-6,9-10,16H,7-8,11,19H2,1H3,(H,20,21). The number of carbonyl (C=O) groups is 1. The Morgan fingerprint density at radius 2 is 2.00 bits per heavy atom. The van der Waals surface area contributed by atoms with E-state index in [0.29, 0.717) is 6.42 Å². The molecular weight excluding hydrogens is 260 g/mol. The predicted octanol–water partition coefficient (Wildman–Crippen LogP) is 3.12. The molecule has 0 aromatic heterocycles. The zero-order valence-electron chi connectivity index (χ0n) is 12.2. The molecule has 0 saturated carbocycles. The van der Waals surface area contributed by atoms with Crippen molar-refractivity contribution in [2.75, 3.05) is 5.32 Å². The quantitative estimate of drug-likeness (QED) is 0.904. The monoisotopic (exact) mass is 280 g/mol. The van der Waals surface area contributed by atoms with Gasteiger partial charge in [0.1, 0.15) is 0 Å². The molecule has 0 spiro atoms. The van der Waals surface area contributed by atoms with Crippen molar-refractivity contribution in [1.29, 1.82) is 0 Å². The molecule has 1 amide bonds. The number of benzene rings is 2. The second kappa shape index (κ2) is 5.70. The van der Waals surface area contributed by atoms with Crippen LogP contribution in [0.2, 0.25) is 0 Å². The fourth-order valence-corrected chi connectivity index (χ4v) is 2.95. The average molecular weight is 280 g/mol. The third-order valence-corrected chi connectivity index (χ3v) is 4.00. The van der Waals surface area contributed by atoms with E-state index in [1.165, 1.54) is 5.56 Å². The van der Waals surface area contributed by atoms with Crippen LogP contribution in [0.5, 0.6) is 0 Å². The van der Waals surface area contributed by atoms with E-state index in [0.717, 1.165) is 35.2 Å². The Balaban J connectivity index is 1.79. The van der Waals surface area contributed by atoms with Gasteiger partial charge in [0, 0.05) is 11.7 Å². The average Bonchev–Trinajstić information content (AvgIpc) is 2.85. The summed E-state index contributed by atoms with van der Waals surface area (Å²) in [5.41, 5.74) is 11.9. The van der Waals surface area contributed by atoms with Crippen molar-refractivity contribution in [3.8, 4) is 0 Å². The number of amides is 1. The van der Waals surface area contributed by atoms with Crippen LogP contribution in [0.15, 0.2) is 42.5 Å². The van der Waals surface area contributed by atoms with Gasteiger partial charge in [0.2, 0.25) is 5.91 Å². The normalized spacial score (nSPS) is 14.7. The summed E-state index contributed by atoms with van der Waals surface area (Å²) in [6, 6.07) is 14.5. The number of rotatable bonds is 4. The molecule has 1 heterocycles. The van der Waals surface area contributed by atoms with E-state index in [2.05, 4.69) is 36.5 Å². The van der Waals surface area contributed by atoms with Gasteiger partial charge in [-0.15, -0.1) is 0 Å². The molecular formula is C18H20N2O. The first-order valence-electron chi connectivity index (χ1n) is 7.36. The number of carbonyl (C=O) groups excluding carboxylic acids is 1. The Morgan fingerprint density at radius 1 is 1.24 bits per heavy atom. The van der Waals surface area contributed by atoms with Gasteiger partial charge < -0.3 is 11.1 Å². The minimum atomic E-state index is -0.0581. The summed E-state index contributed by atoms with van der Waals surface area (Å²) in [7, 11) is 0. The van der Waals surface area contributed by atoms with E-state index in [-0.39, 0.29) is 11.9 Å². The molecule has 3 nitrogen and oxygen atoms in total. The molecule has 3 rings (SSSR count). The third-order valence-electron chi connectivity index (χ3n) is 4.00. The SMILES string of the molecule is Cc1cc2c(c(C(N)CCc3ccccc3)c1)NC(=O)C2. The molecule has 108 valence electrons. The Labute approximate surface area is 125 Å². The first-order valence-corrected chi connectivity index (χ1v) is 7.36. The first kappa shape index (κ1) is 13.8. The van der Waals surface area contributed by atoms with Crippen molar-refractivity contribution in [2.45, 2.75) is 32.2 Å². The van der Waals surface area contributed by atoms with Gasteiger partial charge in [0.15, 0.2) is 0 Å². The molecule has 1 aliphatic rings. The van der Waals surface area contributed by atoms with Crippen LogP contribution in [0.3, 0.4) is 0 Å². The Bertz CT molecular complexity index is 664. The van der Waals surface area contributed by atoms with Crippen LogP contribution in [0.1, 0.15) is 34.7 Å². The second-order valence-corrected chi connectivity index (χ2v) is 5.74. The maximum Gasteiger partial charge on any atom is 0.228 e. The number of nitrogens with two attached hydrogens (primary N) is 1. The fraction of sp³-hybridized carbons (Fsp3) is 0.278. The van der Waals surface area contributed by atoms with E-state index >= 15 is 0 Å². The van der Waals surface area contributed by atoms with E-state index in [4.69, 9.17) is 5.73 Å². The molecule has 1 atom stereocenters. The zero-order chi connectivity index (χ0) is 14.8. The molecule has 21 heavy (non-hydrogen) atoms. The largest absolute Gasteiger partial charge is 0.325 e. The van der Waals surface area contributed by atoms with E-state index in [1.807, 2.05) is 18.2 Å². The molecule has 3 heteroatoms. The molecule has 0 radical (unpaired) electrons. The minimum absolute atomic E-state index is 0.0581. The number of fused-ring (bicyclic) bond motifs is 1. The molecule has 2 aromatic carbocycles. The highest BCUT2D eigenvalue weighted by Gasteiger charge is 2.23. The van der Waals surface area contributed by atoms with Crippen LogP contribution in [-0.4, -0.2) is 5.91 Å². The van der Waals surface area contributed by atoms with Crippen LogP contribution >= 0.6 is 0 Å². The lowest BCUT2D eigenvalue weighted by molar-refractivity contribution is -0.115. The van der Waals surface area contributed by atoms with Gasteiger partial charge in [0.25, 0.3) is 0 Å². The van der Waals surface area contributed by atoms with Gasteiger partial charge in [-0.2, -0.15) is 0 Å².